The molecular formula is C26H35Cl2N3O4S. The van der Waals surface area contributed by atoms with E-state index in [1.165, 1.54) is 4.31 Å². The molecule has 198 valence electrons. The minimum atomic E-state index is -3.56. The van der Waals surface area contributed by atoms with Crippen LogP contribution >= 0.6 is 23.2 Å². The summed E-state index contributed by atoms with van der Waals surface area (Å²) in [5.41, 5.74) is 1.33. The minimum absolute atomic E-state index is 0.0892. The van der Waals surface area contributed by atoms with Crippen LogP contribution in [0.2, 0.25) is 10.0 Å². The van der Waals surface area contributed by atoms with Gasteiger partial charge in [0.05, 0.1) is 11.9 Å². The number of hydrogen-bond acceptors (Lipinski definition) is 4. The molecule has 1 N–H and O–H groups in total. The molecule has 2 rings (SSSR count). The summed E-state index contributed by atoms with van der Waals surface area (Å²) in [4.78, 5) is 27.9. The van der Waals surface area contributed by atoms with Crippen molar-refractivity contribution in [3.63, 3.8) is 0 Å². The molecule has 0 fully saturated rings. The van der Waals surface area contributed by atoms with Gasteiger partial charge in [0.1, 0.15) is 6.04 Å². The van der Waals surface area contributed by atoms with E-state index >= 15 is 0 Å². The van der Waals surface area contributed by atoms with Gasteiger partial charge in [0.25, 0.3) is 0 Å². The average molecular weight is 557 g/mol. The zero-order valence-corrected chi connectivity index (χ0v) is 23.4. The molecule has 0 radical (unpaired) electrons. The van der Waals surface area contributed by atoms with Gasteiger partial charge in [-0.15, -0.1) is 0 Å². The number of amides is 2. The number of benzene rings is 2. The van der Waals surface area contributed by atoms with Gasteiger partial charge in [-0.1, -0.05) is 55.6 Å². The summed E-state index contributed by atoms with van der Waals surface area (Å²) in [7, 11) is -3.56. The lowest BCUT2D eigenvalue weighted by Crippen LogP contribution is -2.49. The van der Waals surface area contributed by atoms with Crippen LogP contribution in [0, 0.1) is 0 Å². The SMILES string of the molecule is CCCCNC(=O)[C@H](CC)N(Cc1ccc(Cl)cc1)C(=O)CCCN(c1ccc(Cl)cc1)S(C)(=O)=O. The van der Waals surface area contributed by atoms with E-state index in [9.17, 15) is 18.0 Å². The van der Waals surface area contributed by atoms with E-state index < -0.39 is 16.1 Å². The van der Waals surface area contributed by atoms with Crippen molar-refractivity contribution in [3.8, 4) is 0 Å². The quantitative estimate of drug-likeness (QED) is 0.322. The molecule has 0 bridgehead atoms. The molecule has 10 heteroatoms. The Kier molecular flexibility index (Phi) is 12.0. The van der Waals surface area contributed by atoms with E-state index in [1.54, 1.807) is 41.3 Å². The van der Waals surface area contributed by atoms with Gasteiger partial charge in [-0.3, -0.25) is 13.9 Å². The van der Waals surface area contributed by atoms with Crippen LogP contribution in [-0.4, -0.2) is 50.5 Å². The average Bonchev–Trinajstić information content (AvgIpc) is 2.83. The Labute approximate surface area is 224 Å². The highest BCUT2D eigenvalue weighted by atomic mass is 35.5. The Bertz CT molecular complexity index is 1090. The zero-order valence-electron chi connectivity index (χ0n) is 21.0. The van der Waals surface area contributed by atoms with E-state index in [2.05, 4.69) is 5.32 Å². The molecule has 0 unspecified atom stereocenters. The Balaban J connectivity index is 2.18. The molecule has 2 amide bonds. The van der Waals surface area contributed by atoms with Gasteiger partial charge in [-0.25, -0.2) is 8.42 Å². The summed E-state index contributed by atoms with van der Waals surface area (Å²) >= 11 is 11.9. The topological polar surface area (TPSA) is 86.8 Å². The molecule has 0 saturated carbocycles. The summed E-state index contributed by atoms with van der Waals surface area (Å²) in [6.07, 6.45) is 3.78. The molecule has 2 aromatic carbocycles. The number of rotatable bonds is 14. The molecule has 0 aromatic heterocycles. The third-order valence-corrected chi connectivity index (χ3v) is 7.45. The highest BCUT2D eigenvalue weighted by Gasteiger charge is 2.28. The molecule has 7 nitrogen and oxygen atoms in total. The molecule has 36 heavy (non-hydrogen) atoms. The smallest absolute Gasteiger partial charge is 0.242 e. The first-order chi connectivity index (χ1) is 17.1. The van der Waals surface area contributed by atoms with Crippen LogP contribution < -0.4 is 9.62 Å². The van der Waals surface area contributed by atoms with E-state index in [0.29, 0.717) is 35.1 Å². The predicted octanol–water partition coefficient (Wildman–Crippen LogP) is 5.26. The molecule has 0 saturated heterocycles. The van der Waals surface area contributed by atoms with Gasteiger partial charge in [0.2, 0.25) is 21.8 Å². The first-order valence-corrected chi connectivity index (χ1v) is 14.7. The van der Waals surface area contributed by atoms with Crippen molar-refractivity contribution in [1.82, 2.24) is 10.2 Å². The van der Waals surface area contributed by atoms with Crippen molar-refractivity contribution in [3.05, 3.63) is 64.1 Å². The number of carbonyl (C=O) groups excluding carboxylic acids is 2. The first-order valence-electron chi connectivity index (χ1n) is 12.1. The number of nitrogens with zero attached hydrogens (tertiary/aromatic N) is 2. The van der Waals surface area contributed by atoms with E-state index in [4.69, 9.17) is 23.2 Å². The molecule has 0 heterocycles. The van der Waals surface area contributed by atoms with Gasteiger partial charge < -0.3 is 10.2 Å². The molecule has 2 aromatic rings. The first kappa shape index (κ1) is 29.9. The van der Waals surface area contributed by atoms with Crippen LogP contribution in [0.5, 0.6) is 0 Å². The Morgan fingerprint density at radius 1 is 0.944 bits per heavy atom. The number of anilines is 1. The van der Waals surface area contributed by atoms with E-state index in [0.717, 1.165) is 24.7 Å². The van der Waals surface area contributed by atoms with Crippen LogP contribution in [0.4, 0.5) is 5.69 Å². The summed E-state index contributed by atoms with van der Waals surface area (Å²) in [6.45, 7) is 4.85. The van der Waals surface area contributed by atoms with Gasteiger partial charge in [-0.05, 0) is 61.2 Å². The van der Waals surface area contributed by atoms with Gasteiger partial charge in [0.15, 0.2) is 0 Å². The van der Waals surface area contributed by atoms with Crippen molar-refractivity contribution in [2.24, 2.45) is 0 Å². The van der Waals surface area contributed by atoms with Crippen LogP contribution in [0.1, 0.15) is 51.5 Å². The molecule has 0 aliphatic carbocycles. The van der Waals surface area contributed by atoms with E-state index in [-0.39, 0.29) is 31.3 Å². The second-order valence-electron chi connectivity index (χ2n) is 8.63. The second-order valence-corrected chi connectivity index (χ2v) is 11.4. The lowest BCUT2D eigenvalue weighted by atomic mass is 10.1. The van der Waals surface area contributed by atoms with Crippen molar-refractivity contribution in [2.75, 3.05) is 23.7 Å². The maximum absolute atomic E-state index is 13.4. The Morgan fingerprint density at radius 3 is 2.06 bits per heavy atom. The molecule has 0 aliphatic heterocycles. The molecule has 0 spiro atoms. The van der Waals surface area contributed by atoms with Gasteiger partial charge >= 0.3 is 0 Å². The lowest BCUT2D eigenvalue weighted by Gasteiger charge is -2.31. The number of sulfonamides is 1. The summed E-state index contributed by atoms with van der Waals surface area (Å²) in [5.74, 6) is -0.404. The number of halogens is 2. The Morgan fingerprint density at radius 2 is 1.53 bits per heavy atom. The van der Waals surface area contributed by atoms with Crippen molar-refractivity contribution in [2.45, 2.75) is 58.5 Å². The standard InChI is InChI=1S/C26H35Cl2N3O4S/c1-4-6-17-29-26(33)24(5-2)30(19-20-9-11-21(27)12-10-20)25(32)8-7-18-31(36(3,34)35)23-15-13-22(28)14-16-23/h9-16,24H,4-8,17-19H2,1-3H3,(H,29,33)/t24-/m0/s1. The normalized spacial score (nSPS) is 12.1. The summed E-state index contributed by atoms with van der Waals surface area (Å²) in [5, 5.41) is 4.02. The maximum Gasteiger partial charge on any atom is 0.242 e. The fourth-order valence-corrected chi connectivity index (χ4v) is 5.04. The second kappa shape index (κ2) is 14.4. The summed E-state index contributed by atoms with van der Waals surface area (Å²) in [6, 6.07) is 13.0. The predicted molar refractivity (Wildman–Crippen MR) is 147 cm³/mol. The van der Waals surface area contributed by atoms with Crippen molar-refractivity contribution >= 4 is 50.7 Å². The number of nitrogens with one attached hydrogen (secondary N) is 1. The van der Waals surface area contributed by atoms with Crippen LogP contribution in [0.25, 0.3) is 0 Å². The largest absolute Gasteiger partial charge is 0.354 e. The van der Waals surface area contributed by atoms with Crippen LogP contribution in [-0.2, 0) is 26.2 Å². The van der Waals surface area contributed by atoms with Crippen molar-refractivity contribution in [1.29, 1.82) is 0 Å². The van der Waals surface area contributed by atoms with E-state index in [1.807, 2.05) is 26.0 Å². The fraction of sp³-hybridized carbons (Fsp3) is 0.462. The van der Waals surface area contributed by atoms with Crippen molar-refractivity contribution < 1.29 is 18.0 Å². The van der Waals surface area contributed by atoms with Crippen LogP contribution in [0.3, 0.4) is 0 Å². The minimum Gasteiger partial charge on any atom is -0.354 e. The number of hydrogen-bond donors (Lipinski definition) is 1. The summed E-state index contributed by atoms with van der Waals surface area (Å²) < 4.78 is 26.1. The molecule has 1 atom stereocenters. The maximum atomic E-state index is 13.4. The third kappa shape index (κ3) is 9.30. The fourth-order valence-electron chi connectivity index (χ4n) is 3.82. The van der Waals surface area contributed by atoms with Gasteiger partial charge in [0, 0.05) is 36.1 Å². The van der Waals surface area contributed by atoms with Crippen LogP contribution in [0.15, 0.2) is 48.5 Å². The Hall–Kier alpha value is -2.29. The highest BCUT2D eigenvalue weighted by Crippen LogP contribution is 2.22. The zero-order chi connectivity index (χ0) is 26.7. The molecule has 0 aliphatic rings. The van der Waals surface area contributed by atoms with Gasteiger partial charge in [-0.2, -0.15) is 0 Å². The lowest BCUT2D eigenvalue weighted by molar-refractivity contribution is -0.141. The number of carbonyl (C=O) groups is 2. The monoisotopic (exact) mass is 555 g/mol. The molecular weight excluding hydrogens is 521 g/mol. The third-order valence-electron chi connectivity index (χ3n) is 5.75. The highest BCUT2D eigenvalue weighted by molar-refractivity contribution is 7.92. The number of unbranched alkanes of at least 4 members (excludes halogenated alkanes) is 1.